The van der Waals surface area contributed by atoms with Gasteiger partial charge in [-0.2, -0.15) is 13.2 Å². The van der Waals surface area contributed by atoms with Gasteiger partial charge >= 0.3 is 6.18 Å². The molecule has 80 valence electrons. The van der Waals surface area contributed by atoms with E-state index < -0.39 is 6.18 Å². The minimum absolute atomic E-state index is 0.0293. The molecule has 0 N–H and O–H groups in total. The molecule has 0 saturated heterocycles. The van der Waals surface area contributed by atoms with Crippen molar-refractivity contribution in [2.24, 2.45) is 5.92 Å². The average Bonchev–Trinajstić information content (AvgIpc) is 2.01. The smallest absolute Gasteiger partial charge is 0.166 e. The fourth-order valence-electron chi connectivity index (χ4n) is 2.08. The van der Waals surface area contributed by atoms with Crippen molar-refractivity contribution in [3.05, 3.63) is 22.8 Å². The number of halogens is 3. The van der Waals surface area contributed by atoms with E-state index in [1.54, 1.807) is 6.92 Å². The molecule has 1 aliphatic rings. The second-order valence-corrected chi connectivity index (χ2v) is 3.83. The summed E-state index contributed by atoms with van der Waals surface area (Å²) in [5.74, 6) is 0.0293. The average molecular weight is 204 g/mol. The molecule has 3 heteroatoms. The summed E-state index contributed by atoms with van der Waals surface area (Å²) >= 11 is 0. The first kappa shape index (κ1) is 11.3. The summed E-state index contributed by atoms with van der Waals surface area (Å²) in [6.07, 6.45) is -1.90. The third-order valence-electron chi connectivity index (χ3n) is 2.76. The Morgan fingerprint density at radius 2 is 2.00 bits per heavy atom. The lowest BCUT2D eigenvalue weighted by Crippen LogP contribution is -2.19. The van der Waals surface area contributed by atoms with Gasteiger partial charge in [0.1, 0.15) is 0 Å². The highest BCUT2D eigenvalue weighted by molar-refractivity contribution is 5.35. The maximum absolute atomic E-state index is 12.4. The van der Waals surface area contributed by atoms with Crippen molar-refractivity contribution in [3.8, 4) is 0 Å². The summed E-state index contributed by atoms with van der Waals surface area (Å²) in [7, 11) is 0. The van der Waals surface area contributed by atoms with Crippen LogP contribution in [0.1, 0.15) is 33.6 Å². The van der Waals surface area contributed by atoms with Gasteiger partial charge in [0.2, 0.25) is 0 Å². The fourth-order valence-corrected chi connectivity index (χ4v) is 2.08. The zero-order chi connectivity index (χ0) is 10.9. The summed E-state index contributed by atoms with van der Waals surface area (Å²) < 4.78 is 37.3. The monoisotopic (exact) mass is 204 g/mol. The first-order valence-corrected chi connectivity index (χ1v) is 4.83. The maximum Gasteiger partial charge on any atom is 0.412 e. The first-order chi connectivity index (χ1) is 6.36. The number of hydrogen-bond donors (Lipinski definition) is 0. The van der Waals surface area contributed by atoms with E-state index in [1.807, 2.05) is 13.8 Å². The SMILES string of the molecule is CCC1=C(C)C=C(C(F)(F)F)CC1C. The highest BCUT2D eigenvalue weighted by atomic mass is 19.4. The van der Waals surface area contributed by atoms with E-state index in [0.29, 0.717) is 0 Å². The van der Waals surface area contributed by atoms with E-state index in [0.717, 1.165) is 17.6 Å². The maximum atomic E-state index is 12.4. The second-order valence-electron chi connectivity index (χ2n) is 3.83. The van der Waals surface area contributed by atoms with Crippen LogP contribution in [0.25, 0.3) is 0 Å². The minimum atomic E-state index is -4.16. The Bertz CT molecular complexity index is 281. The Morgan fingerprint density at radius 1 is 1.43 bits per heavy atom. The lowest BCUT2D eigenvalue weighted by Gasteiger charge is -2.25. The lowest BCUT2D eigenvalue weighted by atomic mass is 9.83. The van der Waals surface area contributed by atoms with Gasteiger partial charge in [0.15, 0.2) is 0 Å². The number of alkyl halides is 3. The van der Waals surface area contributed by atoms with E-state index >= 15 is 0 Å². The standard InChI is InChI=1S/C11H15F3/c1-4-10-7(2)5-9(6-8(10)3)11(12,13)14/h5,8H,4,6H2,1-3H3. The molecule has 0 radical (unpaired) electrons. The van der Waals surface area contributed by atoms with Gasteiger partial charge in [-0.1, -0.05) is 31.1 Å². The summed E-state index contributed by atoms with van der Waals surface area (Å²) in [4.78, 5) is 0. The third-order valence-corrected chi connectivity index (χ3v) is 2.76. The van der Waals surface area contributed by atoms with Gasteiger partial charge in [-0.15, -0.1) is 0 Å². The Hall–Kier alpha value is -0.730. The molecule has 1 aliphatic carbocycles. The van der Waals surface area contributed by atoms with Crippen molar-refractivity contribution in [1.82, 2.24) is 0 Å². The van der Waals surface area contributed by atoms with Gasteiger partial charge in [-0.25, -0.2) is 0 Å². The topological polar surface area (TPSA) is 0 Å². The van der Waals surface area contributed by atoms with Gasteiger partial charge in [-0.3, -0.25) is 0 Å². The van der Waals surface area contributed by atoms with Crippen molar-refractivity contribution < 1.29 is 13.2 Å². The van der Waals surface area contributed by atoms with Crippen LogP contribution in [0.5, 0.6) is 0 Å². The highest BCUT2D eigenvalue weighted by Gasteiger charge is 2.36. The first-order valence-electron chi connectivity index (χ1n) is 4.83. The normalized spacial score (nSPS) is 23.9. The predicted octanol–water partition coefficient (Wildman–Crippen LogP) is 4.24. The Kier molecular flexibility index (Phi) is 3.07. The van der Waals surface area contributed by atoms with Crippen molar-refractivity contribution in [1.29, 1.82) is 0 Å². The van der Waals surface area contributed by atoms with Gasteiger partial charge in [0.25, 0.3) is 0 Å². The van der Waals surface area contributed by atoms with E-state index in [4.69, 9.17) is 0 Å². The van der Waals surface area contributed by atoms with Crippen LogP contribution in [0.15, 0.2) is 22.8 Å². The molecule has 0 bridgehead atoms. The summed E-state index contributed by atoms with van der Waals surface area (Å²) in [5, 5.41) is 0. The van der Waals surface area contributed by atoms with Gasteiger partial charge < -0.3 is 0 Å². The third kappa shape index (κ3) is 2.20. The zero-order valence-corrected chi connectivity index (χ0v) is 8.70. The molecular formula is C11H15F3. The molecule has 0 saturated carbocycles. The van der Waals surface area contributed by atoms with Crippen LogP contribution in [0.3, 0.4) is 0 Å². The van der Waals surface area contributed by atoms with Crippen LogP contribution in [0.4, 0.5) is 13.2 Å². The van der Waals surface area contributed by atoms with Crippen LogP contribution < -0.4 is 0 Å². The molecule has 0 aromatic carbocycles. The van der Waals surface area contributed by atoms with Crippen molar-refractivity contribution in [2.75, 3.05) is 0 Å². The van der Waals surface area contributed by atoms with E-state index in [-0.39, 0.29) is 17.9 Å². The largest absolute Gasteiger partial charge is 0.412 e. The molecule has 1 atom stereocenters. The number of rotatable bonds is 1. The Labute approximate surface area is 82.5 Å². The molecule has 0 aromatic heterocycles. The van der Waals surface area contributed by atoms with E-state index in [9.17, 15) is 13.2 Å². The molecular weight excluding hydrogens is 189 g/mol. The van der Waals surface area contributed by atoms with Gasteiger partial charge in [0.05, 0.1) is 0 Å². The fraction of sp³-hybridized carbons (Fsp3) is 0.636. The zero-order valence-electron chi connectivity index (χ0n) is 8.70. The molecule has 14 heavy (non-hydrogen) atoms. The summed E-state index contributed by atoms with van der Waals surface area (Å²) in [6.45, 7) is 5.61. The molecule has 0 amide bonds. The lowest BCUT2D eigenvalue weighted by molar-refractivity contribution is -0.0952. The Balaban J connectivity index is 3.02. The number of hydrogen-bond acceptors (Lipinski definition) is 0. The number of allylic oxidation sites excluding steroid dienone is 4. The molecule has 0 aromatic rings. The van der Waals surface area contributed by atoms with Crippen LogP contribution in [0, 0.1) is 5.92 Å². The molecule has 0 spiro atoms. The molecule has 1 unspecified atom stereocenters. The minimum Gasteiger partial charge on any atom is -0.166 e. The molecule has 0 heterocycles. The van der Waals surface area contributed by atoms with Crippen LogP contribution >= 0.6 is 0 Å². The molecule has 0 aliphatic heterocycles. The van der Waals surface area contributed by atoms with Gasteiger partial charge in [0, 0.05) is 5.57 Å². The van der Waals surface area contributed by atoms with Crippen molar-refractivity contribution in [3.63, 3.8) is 0 Å². The molecule has 0 fully saturated rings. The van der Waals surface area contributed by atoms with Crippen LogP contribution in [-0.2, 0) is 0 Å². The predicted molar refractivity (Wildman–Crippen MR) is 50.9 cm³/mol. The summed E-state index contributed by atoms with van der Waals surface area (Å²) in [5.41, 5.74) is 1.55. The van der Waals surface area contributed by atoms with E-state index in [1.165, 1.54) is 6.08 Å². The van der Waals surface area contributed by atoms with Crippen molar-refractivity contribution >= 4 is 0 Å². The van der Waals surface area contributed by atoms with Crippen molar-refractivity contribution in [2.45, 2.75) is 39.8 Å². The summed E-state index contributed by atoms with van der Waals surface area (Å²) in [6, 6.07) is 0. The highest BCUT2D eigenvalue weighted by Crippen LogP contribution is 2.38. The Morgan fingerprint density at radius 3 is 2.36 bits per heavy atom. The van der Waals surface area contributed by atoms with E-state index in [2.05, 4.69) is 0 Å². The van der Waals surface area contributed by atoms with Crippen LogP contribution in [0.2, 0.25) is 0 Å². The van der Waals surface area contributed by atoms with Gasteiger partial charge in [-0.05, 0) is 25.7 Å². The second kappa shape index (κ2) is 3.79. The molecule has 0 nitrogen and oxygen atoms in total. The van der Waals surface area contributed by atoms with Crippen LogP contribution in [-0.4, -0.2) is 6.18 Å². The molecule has 1 rings (SSSR count). The quantitative estimate of drug-likeness (QED) is 0.599.